The van der Waals surface area contributed by atoms with Crippen molar-refractivity contribution < 1.29 is 24.4 Å². The molecule has 0 aromatic heterocycles. The molecule has 0 spiro atoms. The van der Waals surface area contributed by atoms with E-state index in [2.05, 4.69) is 0 Å². The Balaban J connectivity index is 2.85. The fourth-order valence-corrected chi connectivity index (χ4v) is 1.65. The molecule has 0 bridgehead atoms. The normalized spacial score (nSPS) is 9.90. The maximum Gasteiger partial charge on any atom is 0.323 e. The minimum Gasteiger partial charge on any atom is -0.480 e. The van der Waals surface area contributed by atoms with Crippen molar-refractivity contribution in [2.45, 2.75) is 6.42 Å². The average Bonchev–Trinajstić information content (AvgIpc) is 2.37. The maximum absolute atomic E-state index is 11.9. The van der Waals surface area contributed by atoms with Gasteiger partial charge in [0.1, 0.15) is 6.54 Å². The molecule has 0 aliphatic rings. The standard InChI is InChI=1S/C12H13N3O6/c13-10(16)6-14(7-12(18)19)11(17)5-8-2-1-3-9(4-8)15(20)21/h1-4H,5-7H2,(H2,13,16)(H,18,19). The zero-order valence-corrected chi connectivity index (χ0v) is 10.9. The first-order valence-corrected chi connectivity index (χ1v) is 5.81. The number of hydrogen-bond acceptors (Lipinski definition) is 5. The number of hydrogen-bond donors (Lipinski definition) is 2. The van der Waals surface area contributed by atoms with Gasteiger partial charge in [0.15, 0.2) is 0 Å². The molecule has 0 unspecified atom stereocenters. The number of aliphatic carboxylic acids is 1. The van der Waals surface area contributed by atoms with E-state index in [0.717, 1.165) is 4.90 Å². The van der Waals surface area contributed by atoms with Gasteiger partial charge in [0.2, 0.25) is 11.8 Å². The van der Waals surface area contributed by atoms with Gasteiger partial charge in [-0.15, -0.1) is 0 Å². The van der Waals surface area contributed by atoms with Crippen LogP contribution in [0.25, 0.3) is 0 Å². The number of primary amides is 1. The number of nitrogens with zero attached hydrogens (tertiary/aromatic N) is 2. The maximum atomic E-state index is 11.9. The summed E-state index contributed by atoms with van der Waals surface area (Å²) in [5.41, 5.74) is 5.11. The third-order valence-corrected chi connectivity index (χ3v) is 2.50. The highest BCUT2D eigenvalue weighted by atomic mass is 16.6. The first-order valence-electron chi connectivity index (χ1n) is 5.81. The van der Waals surface area contributed by atoms with Crippen LogP contribution in [0.2, 0.25) is 0 Å². The van der Waals surface area contributed by atoms with Crippen LogP contribution in [0.4, 0.5) is 5.69 Å². The number of carbonyl (C=O) groups excluding carboxylic acids is 2. The molecular formula is C12H13N3O6. The van der Waals surface area contributed by atoms with E-state index in [-0.39, 0.29) is 12.1 Å². The van der Waals surface area contributed by atoms with Crippen LogP contribution in [0, 0.1) is 10.1 Å². The van der Waals surface area contributed by atoms with Gasteiger partial charge < -0.3 is 15.7 Å². The molecule has 1 aromatic carbocycles. The van der Waals surface area contributed by atoms with E-state index in [1.54, 1.807) is 0 Å². The molecule has 0 aliphatic carbocycles. The highest BCUT2D eigenvalue weighted by molar-refractivity contribution is 5.87. The lowest BCUT2D eigenvalue weighted by Crippen LogP contribution is -2.42. The predicted molar refractivity (Wildman–Crippen MR) is 70.2 cm³/mol. The fourth-order valence-electron chi connectivity index (χ4n) is 1.65. The smallest absolute Gasteiger partial charge is 0.323 e. The molecule has 1 aromatic rings. The summed E-state index contributed by atoms with van der Waals surface area (Å²) in [5, 5.41) is 19.3. The molecule has 0 aliphatic heterocycles. The Morgan fingerprint density at radius 3 is 2.48 bits per heavy atom. The van der Waals surface area contributed by atoms with Crippen molar-refractivity contribution >= 4 is 23.5 Å². The van der Waals surface area contributed by atoms with Crippen molar-refractivity contribution in [3.05, 3.63) is 39.9 Å². The number of nitro benzene ring substituents is 1. The quantitative estimate of drug-likeness (QED) is 0.514. The lowest BCUT2D eigenvalue weighted by atomic mass is 10.1. The van der Waals surface area contributed by atoms with Gasteiger partial charge in [-0.1, -0.05) is 12.1 Å². The van der Waals surface area contributed by atoms with Crippen molar-refractivity contribution in [1.29, 1.82) is 0 Å². The molecule has 112 valence electrons. The lowest BCUT2D eigenvalue weighted by molar-refractivity contribution is -0.384. The highest BCUT2D eigenvalue weighted by Crippen LogP contribution is 2.14. The van der Waals surface area contributed by atoms with E-state index in [9.17, 15) is 24.5 Å². The number of carboxylic acid groups (broad SMARTS) is 1. The second kappa shape index (κ2) is 6.98. The molecule has 2 amide bonds. The predicted octanol–water partition coefficient (Wildman–Crippen LogP) is -0.464. The van der Waals surface area contributed by atoms with Crippen LogP contribution in [0.5, 0.6) is 0 Å². The summed E-state index contributed by atoms with van der Waals surface area (Å²) in [5.74, 6) is -2.79. The number of carbonyl (C=O) groups is 3. The van der Waals surface area contributed by atoms with Crippen LogP contribution in [0.15, 0.2) is 24.3 Å². The molecule has 0 heterocycles. The van der Waals surface area contributed by atoms with Gasteiger partial charge in [0, 0.05) is 12.1 Å². The second-order valence-corrected chi connectivity index (χ2v) is 4.21. The first-order chi connectivity index (χ1) is 9.79. The second-order valence-electron chi connectivity index (χ2n) is 4.21. The summed E-state index contributed by atoms with van der Waals surface area (Å²) in [7, 11) is 0. The number of nitrogens with two attached hydrogens (primary N) is 1. The summed E-state index contributed by atoms with van der Waals surface area (Å²) >= 11 is 0. The van der Waals surface area contributed by atoms with E-state index >= 15 is 0 Å². The summed E-state index contributed by atoms with van der Waals surface area (Å²) in [6, 6.07) is 5.39. The van der Waals surface area contributed by atoms with Gasteiger partial charge in [0.25, 0.3) is 5.69 Å². The number of nitro groups is 1. The van der Waals surface area contributed by atoms with Gasteiger partial charge >= 0.3 is 5.97 Å². The number of carboxylic acids is 1. The van der Waals surface area contributed by atoms with E-state index in [1.807, 2.05) is 0 Å². The van der Waals surface area contributed by atoms with Gasteiger partial charge in [0.05, 0.1) is 17.9 Å². The number of benzene rings is 1. The van der Waals surface area contributed by atoms with Crippen LogP contribution >= 0.6 is 0 Å². The van der Waals surface area contributed by atoms with Crippen LogP contribution < -0.4 is 5.73 Å². The largest absolute Gasteiger partial charge is 0.480 e. The number of non-ortho nitro benzene ring substituents is 1. The third-order valence-electron chi connectivity index (χ3n) is 2.50. The monoisotopic (exact) mass is 295 g/mol. The third kappa shape index (κ3) is 5.27. The van der Waals surface area contributed by atoms with Crippen molar-refractivity contribution in [2.75, 3.05) is 13.1 Å². The lowest BCUT2D eigenvalue weighted by Gasteiger charge is -2.18. The zero-order chi connectivity index (χ0) is 16.0. The van der Waals surface area contributed by atoms with Gasteiger partial charge in [-0.25, -0.2) is 0 Å². The Morgan fingerprint density at radius 2 is 1.95 bits per heavy atom. The Morgan fingerprint density at radius 1 is 1.29 bits per heavy atom. The minimum atomic E-state index is -1.29. The number of amides is 2. The Kier molecular flexibility index (Phi) is 5.35. The van der Waals surface area contributed by atoms with Gasteiger partial charge in [-0.05, 0) is 5.56 Å². The summed E-state index contributed by atoms with van der Waals surface area (Å²) < 4.78 is 0. The van der Waals surface area contributed by atoms with Crippen molar-refractivity contribution in [3.63, 3.8) is 0 Å². The minimum absolute atomic E-state index is 0.181. The zero-order valence-electron chi connectivity index (χ0n) is 10.9. The average molecular weight is 295 g/mol. The Bertz CT molecular complexity index is 570. The summed E-state index contributed by atoms with van der Waals surface area (Å²) in [4.78, 5) is 44.3. The SMILES string of the molecule is NC(=O)CN(CC(=O)O)C(=O)Cc1cccc([N+](=O)[O-])c1. The summed E-state index contributed by atoms with van der Waals surface area (Å²) in [6.07, 6.45) is -0.262. The first kappa shape index (κ1) is 16.1. The van der Waals surface area contributed by atoms with Crippen molar-refractivity contribution in [3.8, 4) is 0 Å². The van der Waals surface area contributed by atoms with E-state index in [1.165, 1.54) is 24.3 Å². The van der Waals surface area contributed by atoms with E-state index in [0.29, 0.717) is 5.56 Å². The Hall–Kier alpha value is -2.97. The molecular weight excluding hydrogens is 282 g/mol. The molecule has 1 rings (SSSR count). The van der Waals surface area contributed by atoms with Gasteiger partial charge in [-0.3, -0.25) is 24.5 Å². The van der Waals surface area contributed by atoms with Crippen LogP contribution in [-0.2, 0) is 20.8 Å². The molecule has 9 heteroatoms. The van der Waals surface area contributed by atoms with E-state index in [4.69, 9.17) is 10.8 Å². The highest BCUT2D eigenvalue weighted by Gasteiger charge is 2.19. The van der Waals surface area contributed by atoms with Crippen LogP contribution in [0.1, 0.15) is 5.56 Å². The van der Waals surface area contributed by atoms with Crippen molar-refractivity contribution in [1.82, 2.24) is 4.90 Å². The molecule has 0 saturated carbocycles. The molecule has 0 radical (unpaired) electrons. The fraction of sp³-hybridized carbons (Fsp3) is 0.250. The van der Waals surface area contributed by atoms with E-state index < -0.39 is 35.8 Å². The van der Waals surface area contributed by atoms with Crippen LogP contribution in [0.3, 0.4) is 0 Å². The summed E-state index contributed by atoms with van der Waals surface area (Å²) in [6.45, 7) is -1.20. The molecule has 0 saturated heterocycles. The van der Waals surface area contributed by atoms with Crippen LogP contribution in [-0.4, -0.2) is 45.8 Å². The van der Waals surface area contributed by atoms with Gasteiger partial charge in [-0.2, -0.15) is 0 Å². The number of rotatable bonds is 7. The molecule has 21 heavy (non-hydrogen) atoms. The topological polar surface area (TPSA) is 144 Å². The Labute approximate surface area is 119 Å². The molecule has 3 N–H and O–H groups in total. The molecule has 0 atom stereocenters. The molecule has 0 fully saturated rings. The van der Waals surface area contributed by atoms with Crippen molar-refractivity contribution in [2.24, 2.45) is 5.73 Å². The molecule has 9 nitrogen and oxygen atoms in total.